The Labute approximate surface area is 277 Å². The Bertz CT molecular complexity index is 1740. The summed E-state index contributed by atoms with van der Waals surface area (Å²) in [5.41, 5.74) is 3.04. The monoisotopic (exact) mass is 665 g/mol. The van der Waals surface area contributed by atoms with E-state index in [2.05, 4.69) is 9.80 Å². The molecule has 48 heavy (non-hydrogen) atoms. The summed E-state index contributed by atoms with van der Waals surface area (Å²) in [6, 6.07) is 4.25. The van der Waals surface area contributed by atoms with Gasteiger partial charge in [-0.25, -0.2) is 0 Å². The van der Waals surface area contributed by atoms with Gasteiger partial charge in [0.1, 0.15) is 34.4 Å². The molecular weight excluding hydrogens is 622 g/mol. The zero-order chi connectivity index (χ0) is 34.8. The third-order valence-corrected chi connectivity index (χ3v) is 10.4. The van der Waals surface area contributed by atoms with Crippen molar-refractivity contribution in [2.75, 3.05) is 72.4 Å². The van der Waals surface area contributed by atoms with Crippen LogP contribution in [0.2, 0.25) is 0 Å². The van der Waals surface area contributed by atoms with Crippen LogP contribution < -0.4 is 10.6 Å². The molecule has 0 bridgehead atoms. The van der Waals surface area contributed by atoms with E-state index in [1.165, 1.54) is 4.90 Å². The number of aromatic hydroxyl groups is 1. The number of amides is 1. The molecule has 1 fully saturated rings. The highest BCUT2D eigenvalue weighted by Gasteiger charge is 2.63. The summed E-state index contributed by atoms with van der Waals surface area (Å²) >= 11 is 0. The summed E-state index contributed by atoms with van der Waals surface area (Å²) in [6.45, 7) is 4.57. The number of rotatable bonds is 8. The van der Waals surface area contributed by atoms with Crippen LogP contribution in [0.1, 0.15) is 28.1 Å². The van der Waals surface area contributed by atoms with Crippen molar-refractivity contribution >= 4 is 23.2 Å². The molecule has 0 saturated carbocycles. The fourth-order valence-corrected chi connectivity index (χ4v) is 8.03. The van der Waals surface area contributed by atoms with Crippen LogP contribution in [0.15, 0.2) is 45.3 Å². The van der Waals surface area contributed by atoms with Crippen molar-refractivity contribution in [1.82, 2.24) is 14.7 Å². The number of carbonyl (C=O) groups excluding carboxylic acids is 3. The van der Waals surface area contributed by atoms with Gasteiger partial charge in [0, 0.05) is 64.0 Å². The number of primary amides is 1. The number of likely N-dealkylation sites (N-methyl/N-ethyl adjacent to an activating group) is 1. The van der Waals surface area contributed by atoms with Crippen molar-refractivity contribution in [3.05, 3.63) is 57.8 Å². The second-order valence-corrected chi connectivity index (χ2v) is 13.6. The molecule has 1 aromatic carbocycles. The van der Waals surface area contributed by atoms with Gasteiger partial charge in [-0.05, 0) is 56.6 Å². The van der Waals surface area contributed by atoms with Crippen LogP contribution in [0.5, 0.6) is 5.75 Å². The molecule has 1 aliphatic heterocycles. The largest absolute Gasteiger partial charge is 0.510 e. The fourth-order valence-electron chi connectivity index (χ4n) is 8.03. The van der Waals surface area contributed by atoms with Gasteiger partial charge in [-0.1, -0.05) is 0 Å². The lowest BCUT2D eigenvalue weighted by Crippen LogP contribution is -2.63. The highest BCUT2D eigenvalue weighted by molar-refractivity contribution is 6.25. The number of allylic oxidation sites excluding steroid dienone is 1. The Kier molecular flexibility index (Phi) is 8.67. The number of aliphatic hydroxyl groups is 4. The van der Waals surface area contributed by atoms with Gasteiger partial charge in [0.25, 0.3) is 5.91 Å². The first-order chi connectivity index (χ1) is 22.7. The SMILES string of the molecule is CN(C)c1cc(-c2ccc(CN3CCN(CCO)CC3)o2)c(O)c2c1C[C@H]1C[C@H]3[C@H](N(C)C)C(O)=C(C(N)=O)C(=O)[C@]3(O)C(O)=C1C2=O. The summed E-state index contributed by atoms with van der Waals surface area (Å²) < 4.78 is 6.19. The molecule has 7 N–H and O–H groups in total. The van der Waals surface area contributed by atoms with Gasteiger partial charge in [-0.3, -0.25) is 29.1 Å². The fraction of sp³-hybridized carbons (Fsp3) is 0.500. The highest BCUT2D eigenvalue weighted by atomic mass is 16.4. The number of aliphatic hydroxyl groups excluding tert-OH is 3. The zero-order valence-electron chi connectivity index (χ0n) is 27.6. The Morgan fingerprint density at radius 1 is 1.06 bits per heavy atom. The molecule has 2 heterocycles. The van der Waals surface area contributed by atoms with E-state index in [0.717, 1.165) is 26.2 Å². The summed E-state index contributed by atoms with van der Waals surface area (Å²) in [6.07, 6.45) is 0.193. The summed E-state index contributed by atoms with van der Waals surface area (Å²) in [7, 11) is 6.81. The van der Waals surface area contributed by atoms with E-state index < -0.39 is 58.0 Å². The minimum absolute atomic E-state index is 0.0109. The van der Waals surface area contributed by atoms with Crippen LogP contribution in [0, 0.1) is 11.8 Å². The minimum Gasteiger partial charge on any atom is -0.510 e. The second-order valence-electron chi connectivity index (χ2n) is 13.6. The lowest BCUT2D eigenvalue weighted by molar-refractivity contribution is -0.148. The molecule has 1 amide bonds. The van der Waals surface area contributed by atoms with Crippen molar-refractivity contribution in [3.63, 3.8) is 0 Å². The van der Waals surface area contributed by atoms with Gasteiger partial charge >= 0.3 is 0 Å². The smallest absolute Gasteiger partial charge is 0.255 e. The molecule has 14 heteroatoms. The zero-order valence-corrected chi connectivity index (χ0v) is 27.6. The average Bonchev–Trinajstić information content (AvgIpc) is 3.47. The predicted octanol–water partition coefficient (Wildman–Crippen LogP) is 0.557. The van der Waals surface area contributed by atoms with E-state index in [-0.39, 0.29) is 41.9 Å². The van der Waals surface area contributed by atoms with Gasteiger partial charge in [-0.2, -0.15) is 0 Å². The van der Waals surface area contributed by atoms with E-state index in [0.29, 0.717) is 35.9 Å². The first-order valence-electron chi connectivity index (χ1n) is 16.1. The third-order valence-electron chi connectivity index (χ3n) is 10.4. The van der Waals surface area contributed by atoms with Crippen molar-refractivity contribution in [1.29, 1.82) is 0 Å². The van der Waals surface area contributed by atoms with Crippen LogP contribution in [0.25, 0.3) is 11.3 Å². The van der Waals surface area contributed by atoms with Crippen molar-refractivity contribution in [2.24, 2.45) is 17.6 Å². The molecule has 0 spiro atoms. The van der Waals surface area contributed by atoms with Crippen molar-refractivity contribution in [2.45, 2.75) is 31.0 Å². The van der Waals surface area contributed by atoms with E-state index >= 15 is 0 Å². The Morgan fingerprint density at radius 3 is 2.33 bits per heavy atom. The maximum Gasteiger partial charge on any atom is 0.255 e. The molecule has 3 aliphatic carbocycles. The number of nitrogens with zero attached hydrogens (tertiary/aromatic N) is 4. The number of Topliss-reactive ketones (excluding diaryl/α,β-unsaturated/α-hetero) is 2. The molecule has 4 atom stereocenters. The average molecular weight is 666 g/mol. The molecule has 1 saturated heterocycles. The first kappa shape index (κ1) is 33.7. The number of hydrogen-bond donors (Lipinski definition) is 6. The van der Waals surface area contributed by atoms with Crippen LogP contribution in [-0.4, -0.2) is 137 Å². The lowest BCUT2D eigenvalue weighted by atomic mass is 9.58. The summed E-state index contributed by atoms with van der Waals surface area (Å²) in [4.78, 5) is 48.0. The Balaban J connectivity index is 1.40. The number of phenols is 1. The van der Waals surface area contributed by atoms with Gasteiger partial charge in [0.2, 0.25) is 5.78 Å². The Morgan fingerprint density at radius 2 is 1.73 bits per heavy atom. The number of hydrogen-bond acceptors (Lipinski definition) is 13. The van der Waals surface area contributed by atoms with E-state index in [1.54, 1.807) is 26.2 Å². The van der Waals surface area contributed by atoms with Gasteiger partial charge in [0.05, 0.1) is 30.3 Å². The summed E-state index contributed by atoms with van der Waals surface area (Å²) in [5, 5.41) is 55.5. The molecule has 258 valence electrons. The number of piperazine rings is 1. The first-order valence-corrected chi connectivity index (χ1v) is 16.1. The quantitative estimate of drug-likeness (QED) is 0.214. The normalized spacial score (nSPS) is 26.5. The van der Waals surface area contributed by atoms with Crippen molar-refractivity contribution in [3.8, 4) is 17.1 Å². The maximum absolute atomic E-state index is 14.4. The summed E-state index contributed by atoms with van der Waals surface area (Å²) in [5.74, 6) is -5.93. The van der Waals surface area contributed by atoms with Gasteiger partial charge < -0.3 is 40.6 Å². The van der Waals surface area contributed by atoms with Gasteiger partial charge in [0.15, 0.2) is 11.4 Å². The molecule has 0 radical (unpaired) electrons. The number of anilines is 1. The van der Waals surface area contributed by atoms with E-state index in [9.17, 15) is 39.9 Å². The van der Waals surface area contributed by atoms with E-state index in [1.807, 2.05) is 25.1 Å². The number of fused-ring (bicyclic) bond motifs is 3. The molecule has 14 nitrogen and oxygen atoms in total. The lowest BCUT2D eigenvalue weighted by Gasteiger charge is -2.50. The minimum atomic E-state index is -2.71. The number of phenolic OH excluding ortho intramolecular Hbond substituents is 1. The molecule has 0 unspecified atom stereocenters. The third kappa shape index (κ3) is 5.19. The number of benzene rings is 1. The standard InChI is InChI=1S/C34H43N5O9/c1-36(2)22-15-20(23-6-5-18(48-23)16-39-9-7-38(8-10-39)11-12-40)28(41)25-19(22)13-17-14-21-27(37(3)4)30(43)26(33(35)46)32(45)34(21,47)31(44)24(17)29(25)42/h5-6,15,17,21,27,40-41,43-44,47H,7-14,16H2,1-4H3,(H2,35,46)/t17-,21-,27-,34+/m0/s1. The van der Waals surface area contributed by atoms with Crippen LogP contribution in [0.3, 0.4) is 0 Å². The van der Waals surface area contributed by atoms with Crippen LogP contribution in [0.4, 0.5) is 5.69 Å². The molecule has 4 aliphatic rings. The van der Waals surface area contributed by atoms with Crippen LogP contribution >= 0.6 is 0 Å². The predicted molar refractivity (Wildman–Crippen MR) is 175 cm³/mol. The van der Waals surface area contributed by atoms with Crippen molar-refractivity contribution < 1.29 is 44.3 Å². The number of carbonyl (C=O) groups is 3. The Hall–Kier alpha value is -4.21. The molecule has 6 rings (SSSR count). The maximum atomic E-state index is 14.4. The number of β-amino-alcohol motifs (C(OH)–C–C–N with tert-alkyl or cyclic N) is 1. The molecule has 1 aromatic heterocycles. The second kappa shape index (κ2) is 12.3. The number of nitrogens with two attached hydrogens (primary N) is 1. The topological polar surface area (TPSA) is 204 Å². The van der Waals surface area contributed by atoms with Gasteiger partial charge in [-0.15, -0.1) is 0 Å². The molecule has 2 aromatic rings. The highest BCUT2D eigenvalue weighted by Crippen LogP contribution is 2.54. The van der Waals surface area contributed by atoms with E-state index in [4.69, 9.17) is 10.2 Å². The van der Waals surface area contributed by atoms with Crippen LogP contribution in [-0.2, 0) is 22.6 Å². The number of furan rings is 1. The molecular formula is C34H43N5O9. The number of ketones is 2.